The maximum absolute atomic E-state index is 11.2. The van der Waals surface area contributed by atoms with Crippen LogP contribution in [0.15, 0.2) is 48.5 Å². The van der Waals surface area contributed by atoms with Gasteiger partial charge in [0, 0.05) is 27.3 Å². The summed E-state index contributed by atoms with van der Waals surface area (Å²) in [5.74, 6) is 0. The number of fused-ring (bicyclic) bond motifs is 1. The molecule has 0 saturated carbocycles. The average Bonchev–Trinajstić information content (AvgIpc) is 2.80. The summed E-state index contributed by atoms with van der Waals surface area (Å²) in [6.45, 7) is 0. The molecule has 0 aliphatic carbocycles. The van der Waals surface area contributed by atoms with E-state index < -0.39 is 10.0 Å². The van der Waals surface area contributed by atoms with Gasteiger partial charge in [-0.05, 0) is 42.0 Å². The van der Waals surface area contributed by atoms with Crippen molar-refractivity contribution < 1.29 is 8.42 Å². The fourth-order valence-corrected chi connectivity index (χ4v) is 2.94. The lowest BCUT2D eigenvalue weighted by atomic mass is 10.1. The highest BCUT2D eigenvalue weighted by Gasteiger charge is 2.05. The quantitative estimate of drug-likeness (QED) is 0.769. The molecule has 0 aliphatic heterocycles. The van der Waals surface area contributed by atoms with Gasteiger partial charge in [-0.15, -0.1) is 0 Å². The Balaban J connectivity index is 1.95. The minimum atomic E-state index is -3.25. The number of aromatic nitrogens is 1. The van der Waals surface area contributed by atoms with E-state index in [1.807, 2.05) is 36.4 Å². The molecule has 3 aromatic rings. The van der Waals surface area contributed by atoms with Crippen LogP contribution in [0, 0.1) is 0 Å². The molecule has 1 heterocycles. The van der Waals surface area contributed by atoms with E-state index in [1.54, 1.807) is 12.1 Å². The largest absolute Gasteiger partial charge is 0.355 e. The van der Waals surface area contributed by atoms with Gasteiger partial charge in [0.2, 0.25) is 10.0 Å². The Morgan fingerprint density at radius 2 is 1.76 bits per heavy atom. The van der Waals surface area contributed by atoms with Gasteiger partial charge in [0.05, 0.1) is 6.26 Å². The van der Waals surface area contributed by atoms with Gasteiger partial charge in [0.1, 0.15) is 0 Å². The summed E-state index contributed by atoms with van der Waals surface area (Å²) >= 11 is 5.98. The third kappa shape index (κ3) is 3.20. The number of aromatic amines is 1. The molecule has 0 aliphatic rings. The minimum absolute atomic E-state index is 0.542. The number of nitrogens with one attached hydrogen (secondary N) is 2. The number of hydrogen-bond donors (Lipinski definition) is 2. The van der Waals surface area contributed by atoms with E-state index in [0.29, 0.717) is 10.7 Å². The maximum Gasteiger partial charge on any atom is 0.229 e. The molecule has 0 atom stereocenters. The van der Waals surface area contributed by atoms with Crippen LogP contribution in [0.1, 0.15) is 0 Å². The lowest BCUT2D eigenvalue weighted by Gasteiger charge is -2.04. The van der Waals surface area contributed by atoms with Gasteiger partial charge in [-0.25, -0.2) is 8.42 Å². The van der Waals surface area contributed by atoms with Crippen molar-refractivity contribution in [3.63, 3.8) is 0 Å². The molecule has 6 heteroatoms. The normalized spacial score (nSPS) is 11.7. The number of halogens is 1. The number of rotatable bonds is 3. The van der Waals surface area contributed by atoms with Crippen molar-refractivity contribution in [1.82, 2.24) is 4.98 Å². The van der Waals surface area contributed by atoms with Gasteiger partial charge >= 0.3 is 0 Å². The summed E-state index contributed by atoms with van der Waals surface area (Å²) in [5, 5.41) is 1.73. The molecule has 4 nitrogen and oxygen atoms in total. The van der Waals surface area contributed by atoms with E-state index in [2.05, 4.69) is 9.71 Å². The molecule has 0 unspecified atom stereocenters. The van der Waals surface area contributed by atoms with Crippen molar-refractivity contribution in [2.75, 3.05) is 11.0 Å². The second kappa shape index (κ2) is 5.09. The molecule has 0 amide bonds. The van der Waals surface area contributed by atoms with Crippen LogP contribution in [0.4, 0.5) is 5.69 Å². The molecule has 0 radical (unpaired) electrons. The third-order valence-electron chi connectivity index (χ3n) is 3.08. The smallest absolute Gasteiger partial charge is 0.229 e. The van der Waals surface area contributed by atoms with Crippen LogP contribution in [0.5, 0.6) is 0 Å². The Bertz CT molecular complexity index is 899. The van der Waals surface area contributed by atoms with Gasteiger partial charge < -0.3 is 4.98 Å². The lowest BCUT2D eigenvalue weighted by molar-refractivity contribution is 0.607. The first-order chi connectivity index (χ1) is 9.90. The summed E-state index contributed by atoms with van der Waals surface area (Å²) in [4.78, 5) is 3.31. The molecule has 0 bridgehead atoms. The van der Waals surface area contributed by atoms with Crippen LogP contribution in [0.25, 0.3) is 22.2 Å². The SMILES string of the molecule is CS(=O)(=O)Nc1ccc(-c2cc3cc(Cl)ccc3[nH]2)cc1. The van der Waals surface area contributed by atoms with E-state index in [9.17, 15) is 8.42 Å². The molecule has 108 valence electrons. The first kappa shape index (κ1) is 14.0. The summed E-state index contributed by atoms with van der Waals surface area (Å²) in [5.41, 5.74) is 3.48. The highest BCUT2D eigenvalue weighted by atomic mass is 35.5. The Morgan fingerprint density at radius 1 is 1.05 bits per heavy atom. The lowest BCUT2D eigenvalue weighted by Crippen LogP contribution is -2.09. The highest BCUT2D eigenvalue weighted by Crippen LogP contribution is 2.27. The van der Waals surface area contributed by atoms with E-state index >= 15 is 0 Å². The second-order valence-corrected chi connectivity index (χ2v) is 7.05. The zero-order chi connectivity index (χ0) is 15.0. The Kier molecular flexibility index (Phi) is 3.39. The first-order valence-electron chi connectivity index (χ1n) is 6.27. The maximum atomic E-state index is 11.2. The molecular weight excluding hydrogens is 308 g/mol. The van der Waals surface area contributed by atoms with E-state index in [1.165, 1.54) is 0 Å². The summed E-state index contributed by atoms with van der Waals surface area (Å²) < 4.78 is 24.8. The predicted octanol–water partition coefficient (Wildman–Crippen LogP) is 3.86. The van der Waals surface area contributed by atoms with Crippen molar-refractivity contribution >= 4 is 38.2 Å². The fourth-order valence-electron chi connectivity index (χ4n) is 2.19. The van der Waals surface area contributed by atoms with E-state index in [-0.39, 0.29) is 0 Å². The first-order valence-corrected chi connectivity index (χ1v) is 8.54. The molecule has 2 N–H and O–H groups in total. The van der Waals surface area contributed by atoms with Crippen LogP contribution in [-0.4, -0.2) is 19.7 Å². The number of benzene rings is 2. The number of hydrogen-bond acceptors (Lipinski definition) is 2. The Labute approximate surface area is 127 Å². The second-order valence-electron chi connectivity index (χ2n) is 4.87. The molecule has 21 heavy (non-hydrogen) atoms. The predicted molar refractivity (Wildman–Crippen MR) is 87.2 cm³/mol. The Hall–Kier alpha value is -1.98. The van der Waals surface area contributed by atoms with Crippen LogP contribution >= 0.6 is 11.6 Å². The molecule has 0 spiro atoms. The summed E-state index contributed by atoms with van der Waals surface area (Å²) in [6.07, 6.45) is 1.13. The third-order valence-corrected chi connectivity index (χ3v) is 3.92. The van der Waals surface area contributed by atoms with Gasteiger partial charge in [-0.2, -0.15) is 0 Å². The van der Waals surface area contributed by atoms with Crippen molar-refractivity contribution in [3.8, 4) is 11.3 Å². The van der Waals surface area contributed by atoms with Crippen LogP contribution in [0.2, 0.25) is 5.02 Å². The van der Waals surface area contributed by atoms with Crippen LogP contribution in [0.3, 0.4) is 0 Å². The number of anilines is 1. The van der Waals surface area contributed by atoms with Crippen molar-refractivity contribution in [1.29, 1.82) is 0 Å². The average molecular weight is 321 g/mol. The zero-order valence-corrected chi connectivity index (χ0v) is 12.8. The summed E-state index contributed by atoms with van der Waals surface area (Å²) in [6, 6.07) is 14.9. The van der Waals surface area contributed by atoms with Crippen LogP contribution < -0.4 is 4.72 Å². The molecule has 2 aromatic carbocycles. The molecule has 0 fully saturated rings. The molecule has 0 saturated heterocycles. The van der Waals surface area contributed by atoms with Gasteiger partial charge in [-0.1, -0.05) is 23.7 Å². The van der Waals surface area contributed by atoms with Crippen molar-refractivity contribution in [2.24, 2.45) is 0 Å². The van der Waals surface area contributed by atoms with Crippen molar-refractivity contribution in [3.05, 3.63) is 53.6 Å². The Morgan fingerprint density at radius 3 is 2.43 bits per heavy atom. The summed E-state index contributed by atoms with van der Waals surface area (Å²) in [7, 11) is -3.25. The monoisotopic (exact) mass is 320 g/mol. The number of sulfonamides is 1. The van der Waals surface area contributed by atoms with Gasteiger partial charge in [0.25, 0.3) is 0 Å². The molecular formula is C15H13ClN2O2S. The van der Waals surface area contributed by atoms with Crippen LogP contribution in [-0.2, 0) is 10.0 Å². The molecule has 3 rings (SSSR count). The zero-order valence-electron chi connectivity index (χ0n) is 11.2. The van der Waals surface area contributed by atoms with Gasteiger partial charge in [-0.3, -0.25) is 4.72 Å². The molecule has 1 aromatic heterocycles. The minimum Gasteiger partial charge on any atom is -0.355 e. The van der Waals surface area contributed by atoms with E-state index in [0.717, 1.165) is 28.4 Å². The fraction of sp³-hybridized carbons (Fsp3) is 0.0667. The van der Waals surface area contributed by atoms with E-state index in [4.69, 9.17) is 11.6 Å². The standard InChI is InChI=1S/C15H13ClN2O2S/c1-21(19,20)18-13-5-2-10(3-6-13)15-9-11-8-12(16)4-7-14(11)17-15/h2-9,17-18H,1H3. The number of H-pyrrole nitrogens is 1. The van der Waals surface area contributed by atoms with Crippen molar-refractivity contribution in [2.45, 2.75) is 0 Å². The topological polar surface area (TPSA) is 62.0 Å². The highest BCUT2D eigenvalue weighted by molar-refractivity contribution is 7.92. The van der Waals surface area contributed by atoms with Gasteiger partial charge in [0.15, 0.2) is 0 Å².